The zero-order valence-electron chi connectivity index (χ0n) is 17.0. The van der Waals surface area contributed by atoms with E-state index in [0.717, 1.165) is 18.7 Å². The van der Waals surface area contributed by atoms with E-state index in [-0.39, 0.29) is 18.0 Å². The molecule has 1 atom stereocenters. The molecular formula is C20H26N6O3. The molecule has 0 N–H and O–H groups in total. The van der Waals surface area contributed by atoms with Gasteiger partial charge in [0.15, 0.2) is 11.6 Å². The molecule has 29 heavy (non-hydrogen) atoms. The molecule has 9 heteroatoms. The van der Waals surface area contributed by atoms with Crippen molar-refractivity contribution >= 4 is 12.0 Å². The van der Waals surface area contributed by atoms with Gasteiger partial charge in [0.05, 0.1) is 12.6 Å². The van der Waals surface area contributed by atoms with Crippen molar-refractivity contribution in [3.05, 3.63) is 41.7 Å². The summed E-state index contributed by atoms with van der Waals surface area (Å²) in [6.07, 6.45) is 3.03. The highest BCUT2D eigenvalue weighted by molar-refractivity contribution is 5.92. The van der Waals surface area contributed by atoms with Crippen molar-refractivity contribution in [2.24, 2.45) is 0 Å². The van der Waals surface area contributed by atoms with Crippen LogP contribution in [0, 0.1) is 0 Å². The Morgan fingerprint density at radius 1 is 1.14 bits per heavy atom. The lowest BCUT2D eigenvalue weighted by Crippen LogP contribution is -2.42. The Balaban J connectivity index is 1.52. The Morgan fingerprint density at radius 2 is 1.97 bits per heavy atom. The van der Waals surface area contributed by atoms with Gasteiger partial charge in [-0.2, -0.15) is 0 Å². The van der Waals surface area contributed by atoms with Gasteiger partial charge < -0.3 is 14.2 Å². The predicted octanol–water partition coefficient (Wildman–Crippen LogP) is 2.40. The summed E-state index contributed by atoms with van der Waals surface area (Å²) in [7, 11) is 0. The lowest BCUT2D eigenvalue weighted by atomic mass is 10.2. The third-order valence-electron chi connectivity index (χ3n) is 5.13. The molecule has 1 unspecified atom stereocenters. The average molecular weight is 398 g/mol. The molecule has 4 heterocycles. The molecule has 2 aromatic rings. The quantitative estimate of drug-likeness (QED) is 0.771. The van der Waals surface area contributed by atoms with Gasteiger partial charge in [-0.3, -0.25) is 14.7 Å². The highest BCUT2D eigenvalue weighted by atomic mass is 16.6. The predicted molar refractivity (Wildman–Crippen MR) is 104 cm³/mol. The standard InChI is InChI=1S/C20H26N6O3/c1-20(2,3)29-19(28)24-11-12-26-16(13-24)22-23-17(26)15-8-6-10-25(15)18(27)14-7-4-5-9-21-14/h4-5,7,9,15H,6,8,10-13H2,1-3H3. The summed E-state index contributed by atoms with van der Waals surface area (Å²) < 4.78 is 7.50. The van der Waals surface area contributed by atoms with Crippen LogP contribution in [0.5, 0.6) is 0 Å². The van der Waals surface area contributed by atoms with E-state index in [1.54, 1.807) is 23.2 Å². The maximum atomic E-state index is 12.9. The molecule has 0 radical (unpaired) electrons. The maximum absolute atomic E-state index is 12.9. The summed E-state index contributed by atoms with van der Waals surface area (Å²) >= 11 is 0. The van der Waals surface area contributed by atoms with Gasteiger partial charge in [-0.05, 0) is 45.7 Å². The second-order valence-electron chi connectivity index (χ2n) is 8.40. The van der Waals surface area contributed by atoms with Crippen molar-refractivity contribution in [3.8, 4) is 0 Å². The number of likely N-dealkylation sites (tertiary alicyclic amines) is 1. The van der Waals surface area contributed by atoms with Crippen LogP contribution in [-0.4, -0.2) is 60.2 Å². The van der Waals surface area contributed by atoms with Crippen LogP contribution in [0.3, 0.4) is 0 Å². The number of aromatic nitrogens is 4. The number of hydrogen-bond acceptors (Lipinski definition) is 6. The van der Waals surface area contributed by atoms with Crippen LogP contribution >= 0.6 is 0 Å². The highest BCUT2D eigenvalue weighted by Gasteiger charge is 2.37. The van der Waals surface area contributed by atoms with Crippen LogP contribution in [0.4, 0.5) is 4.79 Å². The van der Waals surface area contributed by atoms with Crippen molar-refractivity contribution in [2.45, 2.75) is 58.3 Å². The van der Waals surface area contributed by atoms with E-state index < -0.39 is 5.60 Å². The third-order valence-corrected chi connectivity index (χ3v) is 5.13. The van der Waals surface area contributed by atoms with Gasteiger partial charge in [0, 0.05) is 25.8 Å². The van der Waals surface area contributed by atoms with E-state index in [0.29, 0.717) is 37.7 Å². The van der Waals surface area contributed by atoms with Crippen molar-refractivity contribution in [3.63, 3.8) is 0 Å². The van der Waals surface area contributed by atoms with E-state index in [4.69, 9.17) is 4.74 Å². The second-order valence-corrected chi connectivity index (χ2v) is 8.40. The van der Waals surface area contributed by atoms with Crippen molar-refractivity contribution < 1.29 is 14.3 Å². The molecule has 2 aromatic heterocycles. The van der Waals surface area contributed by atoms with Gasteiger partial charge in [0.2, 0.25) is 0 Å². The number of fused-ring (bicyclic) bond motifs is 1. The number of amides is 2. The molecule has 1 saturated heterocycles. The third kappa shape index (κ3) is 3.94. The Bertz CT molecular complexity index is 905. The molecule has 0 aliphatic carbocycles. The number of rotatable bonds is 2. The van der Waals surface area contributed by atoms with E-state index >= 15 is 0 Å². The van der Waals surface area contributed by atoms with Gasteiger partial charge >= 0.3 is 6.09 Å². The number of carbonyl (C=O) groups is 2. The van der Waals surface area contributed by atoms with Crippen LogP contribution in [0.25, 0.3) is 0 Å². The fourth-order valence-electron chi connectivity index (χ4n) is 3.82. The van der Waals surface area contributed by atoms with Crippen LogP contribution in [0.1, 0.15) is 61.8 Å². The Kier molecular flexibility index (Phi) is 4.97. The highest BCUT2D eigenvalue weighted by Crippen LogP contribution is 2.33. The van der Waals surface area contributed by atoms with E-state index in [1.807, 2.05) is 36.3 Å². The summed E-state index contributed by atoms with van der Waals surface area (Å²) in [6, 6.07) is 5.22. The molecule has 4 rings (SSSR count). The minimum absolute atomic E-state index is 0.0864. The number of hydrogen-bond donors (Lipinski definition) is 0. The summed E-state index contributed by atoms with van der Waals surface area (Å²) in [5.74, 6) is 1.41. The molecule has 2 aliphatic heterocycles. The van der Waals surface area contributed by atoms with Crippen LogP contribution in [0.15, 0.2) is 24.4 Å². The minimum atomic E-state index is -0.538. The normalized spacial score (nSPS) is 19.2. The smallest absolute Gasteiger partial charge is 0.410 e. The number of ether oxygens (including phenoxy) is 1. The number of nitrogens with zero attached hydrogens (tertiary/aromatic N) is 6. The first-order chi connectivity index (χ1) is 13.8. The van der Waals surface area contributed by atoms with Crippen LogP contribution in [-0.2, 0) is 17.8 Å². The molecule has 0 saturated carbocycles. The summed E-state index contributed by atoms with van der Waals surface area (Å²) in [4.78, 5) is 33.0. The molecule has 0 spiro atoms. The molecule has 1 fully saturated rings. The van der Waals surface area contributed by atoms with Gasteiger partial charge in [0.25, 0.3) is 5.91 Å². The van der Waals surface area contributed by atoms with E-state index in [9.17, 15) is 9.59 Å². The fourth-order valence-corrected chi connectivity index (χ4v) is 3.82. The van der Waals surface area contributed by atoms with Crippen molar-refractivity contribution in [2.75, 3.05) is 13.1 Å². The van der Waals surface area contributed by atoms with Gasteiger partial charge in [-0.25, -0.2) is 4.79 Å². The first kappa shape index (κ1) is 19.4. The molecule has 154 valence electrons. The molecular weight excluding hydrogens is 372 g/mol. The molecule has 0 bridgehead atoms. The monoisotopic (exact) mass is 398 g/mol. The van der Waals surface area contributed by atoms with Crippen LogP contribution in [0.2, 0.25) is 0 Å². The number of carbonyl (C=O) groups excluding carboxylic acids is 2. The topological polar surface area (TPSA) is 93.5 Å². The van der Waals surface area contributed by atoms with Crippen molar-refractivity contribution in [1.29, 1.82) is 0 Å². The summed E-state index contributed by atoms with van der Waals surface area (Å²) in [5.41, 5.74) is -0.0994. The van der Waals surface area contributed by atoms with Crippen molar-refractivity contribution in [1.82, 2.24) is 29.5 Å². The largest absolute Gasteiger partial charge is 0.444 e. The van der Waals surface area contributed by atoms with Crippen LogP contribution < -0.4 is 0 Å². The summed E-state index contributed by atoms with van der Waals surface area (Å²) in [6.45, 7) is 7.68. The SMILES string of the molecule is CC(C)(C)OC(=O)N1CCn2c(nnc2C2CCCN2C(=O)c2ccccn2)C1. The Morgan fingerprint density at radius 3 is 2.69 bits per heavy atom. The van der Waals surface area contributed by atoms with Gasteiger partial charge in [-0.15, -0.1) is 10.2 Å². The van der Waals surface area contributed by atoms with Gasteiger partial charge in [-0.1, -0.05) is 6.07 Å². The summed E-state index contributed by atoms with van der Waals surface area (Å²) in [5, 5.41) is 8.70. The first-order valence-electron chi connectivity index (χ1n) is 9.95. The second kappa shape index (κ2) is 7.46. The van der Waals surface area contributed by atoms with E-state index in [1.165, 1.54) is 0 Å². The zero-order valence-corrected chi connectivity index (χ0v) is 17.0. The Labute approximate surface area is 169 Å². The molecule has 9 nitrogen and oxygen atoms in total. The number of pyridine rings is 1. The fraction of sp³-hybridized carbons (Fsp3) is 0.550. The molecule has 2 aliphatic rings. The lowest BCUT2D eigenvalue weighted by molar-refractivity contribution is 0.0193. The maximum Gasteiger partial charge on any atom is 0.410 e. The molecule has 2 amide bonds. The average Bonchev–Trinajstić information content (AvgIpc) is 3.32. The molecule has 0 aromatic carbocycles. The van der Waals surface area contributed by atoms with Gasteiger partial charge in [0.1, 0.15) is 11.3 Å². The zero-order chi connectivity index (χ0) is 20.6. The first-order valence-corrected chi connectivity index (χ1v) is 9.95. The Hall–Kier alpha value is -2.97. The minimum Gasteiger partial charge on any atom is -0.444 e. The van der Waals surface area contributed by atoms with E-state index in [2.05, 4.69) is 15.2 Å². The lowest BCUT2D eigenvalue weighted by Gasteiger charge is -2.31.